The highest BCUT2D eigenvalue weighted by atomic mass is 32.2. The molecule has 0 amide bonds. The van der Waals surface area contributed by atoms with Gasteiger partial charge in [-0.1, -0.05) is 17.7 Å². The summed E-state index contributed by atoms with van der Waals surface area (Å²) in [5.41, 5.74) is -1.91. The number of hydrogen-bond donors (Lipinski definition) is 2. The van der Waals surface area contributed by atoms with Crippen LogP contribution < -0.4 is 4.72 Å². The van der Waals surface area contributed by atoms with Gasteiger partial charge in [0.25, 0.3) is 10.0 Å². The normalized spacial score (nSPS) is 12.2. The van der Waals surface area contributed by atoms with Crippen LogP contribution in [0.15, 0.2) is 41.3 Å². The monoisotopic (exact) mass is 349 g/mol. The third-order valence-electron chi connectivity index (χ3n) is 2.99. The fraction of sp³-hybridized carbons (Fsp3) is 0.143. The summed E-state index contributed by atoms with van der Waals surface area (Å²) in [6.07, 6.45) is -5.17. The molecule has 0 heterocycles. The number of aryl methyl sites for hydroxylation is 1. The van der Waals surface area contributed by atoms with Gasteiger partial charge in [-0.3, -0.25) is 4.72 Å². The minimum Gasteiger partial charge on any atom is -0.505 e. The molecule has 0 saturated heterocycles. The summed E-state index contributed by atoms with van der Waals surface area (Å²) in [4.78, 5) is -0.208. The Bertz CT molecular complexity index is 830. The van der Waals surface area contributed by atoms with Crippen LogP contribution in [0.4, 0.5) is 23.2 Å². The van der Waals surface area contributed by atoms with Gasteiger partial charge in [0.2, 0.25) is 0 Å². The Kier molecular flexibility index (Phi) is 4.25. The molecule has 2 aromatic rings. The number of nitrogens with one attached hydrogen (secondary N) is 1. The maximum atomic E-state index is 13.3. The Balaban J connectivity index is 2.46. The van der Waals surface area contributed by atoms with E-state index in [4.69, 9.17) is 0 Å². The number of rotatable bonds is 3. The van der Waals surface area contributed by atoms with Crippen LogP contribution in [0.3, 0.4) is 0 Å². The van der Waals surface area contributed by atoms with E-state index in [1.54, 1.807) is 6.92 Å². The van der Waals surface area contributed by atoms with Gasteiger partial charge in [0.15, 0.2) is 5.75 Å². The van der Waals surface area contributed by atoms with Crippen molar-refractivity contribution in [2.75, 3.05) is 4.72 Å². The van der Waals surface area contributed by atoms with E-state index in [0.29, 0.717) is 12.1 Å². The quantitative estimate of drug-likeness (QED) is 0.656. The van der Waals surface area contributed by atoms with Crippen LogP contribution in [-0.2, 0) is 16.2 Å². The Hall–Kier alpha value is -2.29. The van der Waals surface area contributed by atoms with Crippen LogP contribution in [0, 0.1) is 12.7 Å². The standard InChI is InChI=1S/C14H11F4NO3S/c1-8-2-4-9(5-3-8)23(21,22)19-11-7-6-10(15)12(13(11)20)14(16,17)18/h2-7,19-20H,1H3. The molecule has 4 nitrogen and oxygen atoms in total. The highest BCUT2D eigenvalue weighted by molar-refractivity contribution is 7.92. The molecule has 0 spiro atoms. The third-order valence-corrected chi connectivity index (χ3v) is 4.37. The second-order valence-corrected chi connectivity index (χ2v) is 6.42. The van der Waals surface area contributed by atoms with Gasteiger partial charge in [0, 0.05) is 0 Å². The molecule has 0 aliphatic heterocycles. The summed E-state index contributed by atoms with van der Waals surface area (Å²) in [5, 5.41) is 9.57. The molecule has 0 bridgehead atoms. The van der Waals surface area contributed by atoms with Crippen molar-refractivity contribution in [1.29, 1.82) is 0 Å². The summed E-state index contributed by atoms with van der Waals surface area (Å²) >= 11 is 0. The fourth-order valence-corrected chi connectivity index (χ4v) is 2.91. The molecule has 0 fully saturated rings. The Morgan fingerprint density at radius 1 is 1.04 bits per heavy atom. The number of aromatic hydroxyl groups is 1. The number of benzene rings is 2. The summed E-state index contributed by atoms with van der Waals surface area (Å²) in [6, 6.07) is 6.65. The second kappa shape index (κ2) is 5.73. The SMILES string of the molecule is Cc1ccc(S(=O)(=O)Nc2ccc(F)c(C(F)(F)F)c2O)cc1. The smallest absolute Gasteiger partial charge is 0.422 e. The van der Waals surface area contributed by atoms with Crippen molar-refractivity contribution in [2.45, 2.75) is 18.0 Å². The molecule has 2 rings (SSSR count). The zero-order chi connectivity index (χ0) is 17.4. The Morgan fingerprint density at radius 3 is 2.13 bits per heavy atom. The number of anilines is 1. The lowest BCUT2D eigenvalue weighted by Crippen LogP contribution is -2.15. The van der Waals surface area contributed by atoms with E-state index in [1.807, 2.05) is 4.72 Å². The number of hydrogen-bond acceptors (Lipinski definition) is 3. The van der Waals surface area contributed by atoms with Gasteiger partial charge in [-0.25, -0.2) is 12.8 Å². The molecule has 0 atom stereocenters. The van der Waals surface area contributed by atoms with Gasteiger partial charge >= 0.3 is 6.18 Å². The highest BCUT2D eigenvalue weighted by Gasteiger charge is 2.39. The summed E-state index contributed by atoms with van der Waals surface area (Å²) < 4.78 is 77.5. The van der Waals surface area contributed by atoms with Crippen LogP contribution in [0.2, 0.25) is 0 Å². The first-order valence-electron chi connectivity index (χ1n) is 6.20. The van der Waals surface area contributed by atoms with Gasteiger partial charge in [-0.2, -0.15) is 13.2 Å². The largest absolute Gasteiger partial charge is 0.505 e. The molecule has 124 valence electrons. The van der Waals surface area contributed by atoms with Crippen molar-refractivity contribution in [1.82, 2.24) is 0 Å². The first-order chi connectivity index (χ1) is 10.5. The molecule has 2 N–H and O–H groups in total. The molecular weight excluding hydrogens is 338 g/mol. The highest BCUT2D eigenvalue weighted by Crippen LogP contribution is 2.41. The van der Waals surface area contributed by atoms with Gasteiger partial charge < -0.3 is 5.11 Å². The van der Waals surface area contributed by atoms with E-state index < -0.39 is 39.0 Å². The molecule has 2 aromatic carbocycles. The van der Waals surface area contributed by atoms with E-state index in [-0.39, 0.29) is 4.90 Å². The lowest BCUT2D eigenvalue weighted by molar-refractivity contribution is -0.141. The lowest BCUT2D eigenvalue weighted by Gasteiger charge is -2.15. The van der Waals surface area contributed by atoms with Gasteiger partial charge in [-0.15, -0.1) is 0 Å². The van der Waals surface area contributed by atoms with Crippen molar-refractivity contribution in [3.63, 3.8) is 0 Å². The second-order valence-electron chi connectivity index (χ2n) is 4.73. The van der Waals surface area contributed by atoms with Crippen molar-refractivity contribution in [3.8, 4) is 5.75 Å². The van der Waals surface area contributed by atoms with Crippen molar-refractivity contribution < 1.29 is 31.1 Å². The first-order valence-corrected chi connectivity index (χ1v) is 7.69. The van der Waals surface area contributed by atoms with Crippen LogP contribution in [0.25, 0.3) is 0 Å². The van der Waals surface area contributed by atoms with Crippen LogP contribution >= 0.6 is 0 Å². The van der Waals surface area contributed by atoms with Crippen molar-refractivity contribution in [3.05, 3.63) is 53.3 Å². The minimum absolute atomic E-state index is 0.208. The zero-order valence-corrected chi connectivity index (χ0v) is 12.5. The summed E-state index contributed by atoms with van der Waals surface area (Å²) in [6.45, 7) is 1.73. The first kappa shape index (κ1) is 17.1. The predicted molar refractivity (Wildman–Crippen MR) is 75.1 cm³/mol. The van der Waals surface area contributed by atoms with Gasteiger partial charge in [0.05, 0.1) is 10.6 Å². The third kappa shape index (κ3) is 3.55. The van der Waals surface area contributed by atoms with E-state index in [0.717, 1.165) is 5.56 Å². The molecule has 0 unspecified atom stereocenters. The van der Waals surface area contributed by atoms with Crippen LogP contribution in [0.1, 0.15) is 11.1 Å². The Labute approximate surface area is 129 Å². The zero-order valence-electron chi connectivity index (χ0n) is 11.6. The molecule has 23 heavy (non-hydrogen) atoms. The van der Waals surface area contributed by atoms with E-state index in [9.17, 15) is 31.1 Å². The summed E-state index contributed by atoms with van der Waals surface area (Å²) in [7, 11) is -4.23. The molecular formula is C14H11F4NO3S. The number of phenolic OH excluding ortho intramolecular Hbond substituents is 1. The Morgan fingerprint density at radius 2 is 1.61 bits per heavy atom. The minimum atomic E-state index is -5.17. The molecule has 0 aromatic heterocycles. The van der Waals surface area contributed by atoms with Crippen molar-refractivity contribution in [2.24, 2.45) is 0 Å². The molecule has 0 aliphatic rings. The van der Waals surface area contributed by atoms with Crippen LogP contribution in [-0.4, -0.2) is 13.5 Å². The average Bonchev–Trinajstić information content (AvgIpc) is 2.41. The molecule has 9 heteroatoms. The van der Waals surface area contributed by atoms with E-state index in [2.05, 4.69) is 0 Å². The van der Waals surface area contributed by atoms with Crippen molar-refractivity contribution >= 4 is 15.7 Å². The summed E-state index contributed by atoms with van der Waals surface area (Å²) in [5.74, 6) is -3.22. The topological polar surface area (TPSA) is 66.4 Å². The maximum Gasteiger partial charge on any atom is 0.422 e. The maximum absolute atomic E-state index is 13.3. The number of sulfonamides is 1. The average molecular weight is 349 g/mol. The number of phenols is 1. The molecule has 0 radical (unpaired) electrons. The predicted octanol–water partition coefficient (Wildman–Crippen LogP) is 3.66. The lowest BCUT2D eigenvalue weighted by atomic mass is 10.1. The number of halogens is 4. The van der Waals surface area contributed by atoms with Crippen LogP contribution in [0.5, 0.6) is 5.75 Å². The fourth-order valence-electron chi connectivity index (χ4n) is 1.84. The molecule has 0 aliphatic carbocycles. The van der Waals surface area contributed by atoms with E-state index >= 15 is 0 Å². The van der Waals surface area contributed by atoms with Gasteiger partial charge in [0.1, 0.15) is 11.4 Å². The van der Waals surface area contributed by atoms with Gasteiger partial charge in [-0.05, 0) is 31.2 Å². The molecule has 0 saturated carbocycles. The number of alkyl halides is 3. The van der Waals surface area contributed by atoms with E-state index in [1.165, 1.54) is 24.3 Å².